The van der Waals surface area contributed by atoms with Gasteiger partial charge in [0.2, 0.25) is 5.89 Å². The van der Waals surface area contributed by atoms with E-state index >= 15 is 0 Å². The highest BCUT2D eigenvalue weighted by Gasteiger charge is 2.26. The van der Waals surface area contributed by atoms with E-state index in [1.165, 1.54) is 0 Å². The van der Waals surface area contributed by atoms with Crippen LogP contribution in [0.5, 0.6) is 0 Å². The lowest BCUT2D eigenvalue weighted by atomic mass is 10.0. The molecule has 0 fully saturated rings. The molecule has 0 unspecified atom stereocenters. The molecule has 0 amide bonds. The summed E-state index contributed by atoms with van der Waals surface area (Å²) in [5.74, 6) is 0.538. The minimum absolute atomic E-state index is 0.538. The number of anilines is 6. The first-order valence-electron chi connectivity index (χ1n) is 20.4. The van der Waals surface area contributed by atoms with Gasteiger partial charge in [0.1, 0.15) is 22.3 Å². The SMILES string of the molecule is c1ccc(-c2ccc(N(c3cc(N(c4ccccc4)c4ccc5oc6ccccc6c5c4)c4oc(-c5ccccc5)nc4c3)c3cccc4c3oc3ccccc34)cc2)cc1. The lowest BCUT2D eigenvalue weighted by Crippen LogP contribution is -2.14. The van der Waals surface area contributed by atoms with E-state index in [9.17, 15) is 0 Å². The maximum Gasteiger partial charge on any atom is 0.227 e. The summed E-state index contributed by atoms with van der Waals surface area (Å²) < 4.78 is 19.9. The average molecular weight is 786 g/mol. The molecule has 0 aliphatic heterocycles. The number of fused-ring (bicyclic) bond motifs is 7. The topological polar surface area (TPSA) is 58.8 Å². The van der Waals surface area contributed by atoms with E-state index in [4.69, 9.17) is 18.2 Å². The maximum absolute atomic E-state index is 6.86. The molecule has 0 radical (unpaired) electrons. The van der Waals surface area contributed by atoms with Gasteiger partial charge in [0.05, 0.1) is 17.1 Å². The largest absolute Gasteiger partial charge is 0.456 e. The minimum Gasteiger partial charge on any atom is -0.456 e. The Morgan fingerprint density at radius 2 is 0.869 bits per heavy atom. The predicted octanol–water partition coefficient (Wildman–Crippen LogP) is 15.9. The summed E-state index contributed by atoms with van der Waals surface area (Å²) in [4.78, 5) is 9.75. The Morgan fingerprint density at radius 3 is 1.62 bits per heavy atom. The van der Waals surface area contributed by atoms with Crippen LogP contribution in [0.2, 0.25) is 0 Å². The van der Waals surface area contributed by atoms with Gasteiger partial charge >= 0.3 is 0 Å². The third-order valence-corrected chi connectivity index (χ3v) is 11.5. The number of furan rings is 2. The average Bonchev–Trinajstić information content (AvgIpc) is 4.05. The monoisotopic (exact) mass is 785 g/mol. The van der Waals surface area contributed by atoms with E-state index in [0.717, 1.165) is 94.7 Å². The molecule has 0 N–H and O–H groups in total. The van der Waals surface area contributed by atoms with Crippen LogP contribution < -0.4 is 9.80 Å². The molecule has 6 heteroatoms. The number of rotatable bonds is 8. The number of hydrogen-bond acceptors (Lipinski definition) is 6. The Bertz CT molecular complexity index is 3540. The van der Waals surface area contributed by atoms with E-state index in [1.807, 2.05) is 66.7 Å². The van der Waals surface area contributed by atoms with Crippen LogP contribution in [-0.4, -0.2) is 4.98 Å². The Kier molecular flexibility index (Phi) is 8.06. The van der Waals surface area contributed by atoms with Gasteiger partial charge in [-0.3, -0.25) is 0 Å². The quantitative estimate of drug-likeness (QED) is 0.153. The normalized spacial score (nSPS) is 11.6. The molecule has 0 aliphatic rings. The first kappa shape index (κ1) is 34.7. The van der Waals surface area contributed by atoms with E-state index in [2.05, 4.69) is 155 Å². The van der Waals surface area contributed by atoms with Crippen LogP contribution in [0.25, 0.3) is 77.6 Å². The molecule has 288 valence electrons. The van der Waals surface area contributed by atoms with Crippen molar-refractivity contribution in [2.75, 3.05) is 9.80 Å². The smallest absolute Gasteiger partial charge is 0.227 e. The van der Waals surface area contributed by atoms with Crippen molar-refractivity contribution >= 4 is 89.1 Å². The third-order valence-electron chi connectivity index (χ3n) is 11.5. The van der Waals surface area contributed by atoms with Crippen LogP contribution in [0.1, 0.15) is 0 Å². The fourth-order valence-corrected chi connectivity index (χ4v) is 8.63. The van der Waals surface area contributed by atoms with E-state index in [1.54, 1.807) is 0 Å². The first-order chi connectivity index (χ1) is 30.2. The fraction of sp³-hybridized carbons (Fsp3) is 0. The maximum atomic E-state index is 6.86. The lowest BCUT2D eigenvalue weighted by Gasteiger charge is -2.29. The van der Waals surface area contributed by atoms with E-state index < -0.39 is 0 Å². The number of nitrogens with zero attached hydrogens (tertiary/aromatic N) is 3. The number of oxazole rings is 1. The van der Waals surface area contributed by atoms with Gasteiger partial charge in [-0.05, 0) is 96.1 Å². The second-order valence-electron chi connectivity index (χ2n) is 15.1. The molecule has 0 saturated heterocycles. The highest BCUT2D eigenvalue weighted by molar-refractivity contribution is 6.11. The molecule has 6 nitrogen and oxygen atoms in total. The summed E-state index contributed by atoms with van der Waals surface area (Å²) in [6.45, 7) is 0. The molecule has 0 saturated carbocycles. The molecule has 12 rings (SSSR count). The highest BCUT2D eigenvalue weighted by atomic mass is 16.4. The summed E-state index contributed by atoms with van der Waals surface area (Å²) in [6, 6.07) is 73.1. The van der Waals surface area contributed by atoms with Gasteiger partial charge in [0.15, 0.2) is 11.2 Å². The summed E-state index contributed by atoms with van der Waals surface area (Å²) in [5, 5.41) is 4.19. The zero-order valence-corrected chi connectivity index (χ0v) is 32.8. The lowest BCUT2D eigenvalue weighted by molar-refractivity contribution is 0.620. The van der Waals surface area contributed by atoms with Crippen molar-refractivity contribution in [3.05, 3.63) is 212 Å². The van der Waals surface area contributed by atoms with Crippen LogP contribution >= 0.6 is 0 Å². The van der Waals surface area contributed by atoms with Crippen molar-refractivity contribution in [2.45, 2.75) is 0 Å². The van der Waals surface area contributed by atoms with Gasteiger partial charge in [-0.1, -0.05) is 127 Å². The molecular formula is C55H35N3O3. The summed E-state index contributed by atoms with van der Waals surface area (Å²) in [5.41, 5.74) is 13.3. The Labute approximate surface area is 350 Å². The molecule has 0 atom stereocenters. The summed E-state index contributed by atoms with van der Waals surface area (Å²) in [7, 11) is 0. The zero-order chi connectivity index (χ0) is 40.3. The molecule has 0 spiro atoms. The van der Waals surface area contributed by atoms with E-state index in [0.29, 0.717) is 17.0 Å². The van der Waals surface area contributed by atoms with Gasteiger partial charge in [0, 0.05) is 44.2 Å². The second kappa shape index (κ2) is 14.2. The molecule has 3 heterocycles. The second-order valence-corrected chi connectivity index (χ2v) is 15.1. The van der Waals surface area contributed by atoms with Crippen LogP contribution in [-0.2, 0) is 0 Å². The molecular weight excluding hydrogens is 751 g/mol. The first-order valence-corrected chi connectivity index (χ1v) is 20.4. The van der Waals surface area contributed by atoms with Crippen molar-refractivity contribution in [3.63, 3.8) is 0 Å². The summed E-state index contributed by atoms with van der Waals surface area (Å²) >= 11 is 0. The highest BCUT2D eigenvalue weighted by Crippen LogP contribution is 2.48. The predicted molar refractivity (Wildman–Crippen MR) is 249 cm³/mol. The van der Waals surface area contributed by atoms with Gasteiger partial charge in [-0.25, -0.2) is 4.98 Å². The van der Waals surface area contributed by atoms with Gasteiger partial charge in [0.25, 0.3) is 0 Å². The van der Waals surface area contributed by atoms with Crippen LogP contribution in [0, 0.1) is 0 Å². The third kappa shape index (κ3) is 5.92. The number of aromatic nitrogens is 1. The zero-order valence-electron chi connectivity index (χ0n) is 32.8. The van der Waals surface area contributed by atoms with Gasteiger partial charge < -0.3 is 23.1 Å². The Balaban J connectivity index is 1.14. The van der Waals surface area contributed by atoms with Crippen LogP contribution in [0.3, 0.4) is 0 Å². The number of hydrogen-bond donors (Lipinski definition) is 0. The van der Waals surface area contributed by atoms with Gasteiger partial charge in [-0.15, -0.1) is 0 Å². The summed E-state index contributed by atoms with van der Waals surface area (Å²) in [6.07, 6.45) is 0. The standard InChI is InChI=1S/C55H35N3O3/c1-4-15-36(16-5-1)37-27-29-40(30-28-37)58(48-24-14-23-45-43-21-10-13-26-51(43)60-53(45)48)42-34-47-54(61-55(56-47)38-17-6-2-7-18-38)49(35-42)57(39-19-8-3-9-20-39)41-31-32-52-46(33-41)44-22-11-12-25-50(44)59-52/h1-35H. The Morgan fingerprint density at radius 1 is 0.311 bits per heavy atom. The fourth-order valence-electron chi connectivity index (χ4n) is 8.63. The van der Waals surface area contributed by atoms with Crippen molar-refractivity contribution in [3.8, 4) is 22.6 Å². The molecule has 0 bridgehead atoms. The molecule has 12 aromatic rings. The van der Waals surface area contributed by atoms with Gasteiger partial charge in [-0.2, -0.15) is 0 Å². The molecule has 61 heavy (non-hydrogen) atoms. The molecule has 9 aromatic carbocycles. The van der Waals surface area contributed by atoms with Crippen molar-refractivity contribution in [1.82, 2.24) is 4.98 Å². The number of para-hydroxylation sites is 4. The van der Waals surface area contributed by atoms with Crippen LogP contribution in [0.15, 0.2) is 226 Å². The Hall–Kier alpha value is -8.35. The van der Waals surface area contributed by atoms with Crippen molar-refractivity contribution in [2.24, 2.45) is 0 Å². The molecule has 3 aromatic heterocycles. The minimum atomic E-state index is 0.538. The molecule has 0 aliphatic carbocycles. The van der Waals surface area contributed by atoms with Crippen molar-refractivity contribution < 1.29 is 13.3 Å². The van der Waals surface area contributed by atoms with Crippen molar-refractivity contribution in [1.29, 1.82) is 0 Å². The van der Waals surface area contributed by atoms with Crippen LogP contribution in [0.4, 0.5) is 34.1 Å². The van der Waals surface area contributed by atoms with E-state index in [-0.39, 0.29) is 0 Å². The number of benzene rings is 9.